The quantitative estimate of drug-likeness (QED) is 0.804. The lowest BCUT2D eigenvalue weighted by Crippen LogP contribution is -2.25. The molecule has 0 heterocycles. The van der Waals surface area contributed by atoms with Gasteiger partial charge in [0, 0.05) is 5.54 Å². The number of esters is 1. The summed E-state index contributed by atoms with van der Waals surface area (Å²) < 4.78 is 9.98. The van der Waals surface area contributed by atoms with Crippen molar-refractivity contribution in [3.63, 3.8) is 0 Å². The summed E-state index contributed by atoms with van der Waals surface area (Å²) in [6, 6.07) is 5.29. The molecule has 4 nitrogen and oxygen atoms in total. The van der Waals surface area contributed by atoms with Crippen LogP contribution < -0.4 is 10.5 Å². The third-order valence-electron chi connectivity index (χ3n) is 3.14. The van der Waals surface area contributed by atoms with Gasteiger partial charge in [0.2, 0.25) is 0 Å². The number of hydrogen-bond acceptors (Lipinski definition) is 4. The van der Waals surface area contributed by atoms with Crippen molar-refractivity contribution in [1.82, 2.24) is 0 Å². The maximum absolute atomic E-state index is 11.5. The van der Waals surface area contributed by atoms with Gasteiger partial charge in [-0.3, -0.25) is 0 Å². The van der Waals surface area contributed by atoms with Crippen LogP contribution in [0.2, 0.25) is 0 Å². The minimum atomic E-state index is -0.337. The second kappa shape index (κ2) is 4.37. The zero-order chi connectivity index (χ0) is 12.5. The van der Waals surface area contributed by atoms with E-state index in [-0.39, 0.29) is 11.5 Å². The molecule has 0 unspecified atom stereocenters. The first kappa shape index (κ1) is 11.9. The molecule has 1 saturated carbocycles. The van der Waals surface area contributed by atoms with E-state index in [0.717, 1.165) is 30.6 Å². The molecule has 17 heavy (non-hydrogen) atoms. The van der Waals surface area contributed by atoms with Gasteiger partial charge in [0.15, 0.2) is 0 Å². The number of rotatable bonds is 4. The van der Waals surface area contributed by atoms with E-state index in [2.05, 4.69) is 0 Å². The SMILES string of the molecule is COC(=O)c1ccc(OC)c(CC2(N)CC2)c1. The molecule has 0 saturated heterocycles. The molecule has 0 aliphatic heterocycles. The number of ether oxygens (including phenoxy) is 2. The number of carbonyl (C=O) groups excluding carboxylic acids is 1. The lowest BCUT2D eigenvalue weighted by molar-refractivity contribution is 0.0600. The second-order valence-corrected chi connectivity index (χ2v) is 4.56. The van der Waals surface area contributed by atoms with Crippen LogP contribution in [0.15, 0.2) is 18.2 Å². The Balaban J connectivity index is 2.29. The molecular weight excluding hydrogens is 218 g/mol. The fourth-order valence-electron chi connectivity index (χ4n) is 1.88. The monoisotopic (exact) mass is 235 g/mol. The Morgan fingerprint density at radius 2 is 2.12 bits per heavy atom. The van der Waals surface area contributed by atoms with Crippen LogP contribution in [0, 0.1) is 0 Å². The van der Waals surface area contributed by atoms with Crippen molar-refractivity contribution in [2.24, 2.45) is 5.73 Å². The van der Waals surface area contributed by atoms with Gasteiger partial charge in [-0.05, 0) is 43.0 Å². The molecular formula is C13H17NO3. The summed E-state index contributed by atoms with van der Waals surface area (Å²) in [6.45, 7) is 0. The molecule has 1 aromatic carbocycles. The first-order valence-electron chi connectivity index (χ1n) is 5.62. The predicted molar refractivity (Wildman–Crippen MR) is 64.2 cm³/mol. The summed E-state index contributed by atoms with van der Waals surface area (Å²) >= 11 is 0. The highest BCUT2D eigenvalue weighted by Crippen LogP contribution is 2.38. The highest BCUT2D eigenvalue weighted by Gasteiger charge is 2.38. The predicted octanol–water partition coefficient (Wildman–Crippen LogP) is 1.52. The molecule has 0 radical (unpaired) electrons. The van der Waals surface area contributed by atoms with E-state index in [4.69, 9.17) is 15.2 Å². The topological polar surface area (TPSA) is 61.5 Å². The van der Waals surface area contributed by atoms with Crippen LogP contribution in [0.5, 0.6) is 5.75 Å². The van der Waals surface area contributed by atoms with E-state index in [9.17, 15) is 4.79 Å². The fraction of sp³-hybridized carbons (Fsp3) is 0.462. The van der Waals surface area contributed by atoms with Crippen molar-refractivity contribution >= 4 is 5.97 Å². The van der Waals surface area contributed by atoms with Crippen molar-refractivity contribution in [3.8, 4) is 5.75 Å². The summed E-state index contributed by atoms with van der Waals surface area (Å²) in [7, 11) is 2.99. The summed E-state index contributed by atoms with van der Waals surface area (Å²) in [5, 5.41) is 0. The van der Waals surface area contributed by atoms with Crippen LogP contribution in [-0.2, 0) is 11.2 Å². The summed E-state index contributed by atoms with van der Waals surface area (Å²) in [5.41, 5.74) is 7.48. The Kier molecular flexibility index (Phi) is 3.07. The molecule has 1 aliphatic carbocycles. The molecule has 0 amide bonds. The first-order chi connectivity index (χ1) is 8.08. The minimum absolute atomic E-state index is 0.109. The average Bonchev–Trinajstić information content (AvgIpc) is 3.05. The van der Waals surface area contributed by atoms with E-state index in [1.165, 1.54) is 7.11 Å². The van der Waals surface area contributed by atoms with Crippen molar-refractivity contribution in [2.75, 3.05) is 14.2 Å². The molecule has 2 N–H and O–H groups in total. The van der Waals surface area contributed by atoms with Crippen molar-refractivity contribution in [3.05, 3.63) is 29.3 Å². The highest BCUT2D eigenvalue weighted by atomic mass is 16.5. The molecule has 1 fully saturated rings. The molecule has 0 spiro atoms. The molecule has 0 aromatic heterocycles. The zero-order valence-electron chi connectivity index (χ0n) is 10.2. The van der Waals surface area contributed by atoms with E-state index >= 15 is 0 Å². The number of benzene rings is 1. The van der Waals surface area contributed by atoms with E-state index in [0.29, 0.717) is 5.56 Å². The first-order valence-corrected chi connectivity index (χ1v) is 5.62. The van der Waals surface area contributed by atoms with E-state index in [1.54, 1.807) is 25.3 Å². The number of hydrogen-bond donors (Lipinski definition) is 1. The lowest BCUT2D eigenvalue weighted by atomic mass is 10.0. The number of methoxy groups -OCH3 is 2. The Morgan fingerprint density at radius 3 is 2.65 bits per heavy atom. The standard InChI is InChI=1S/C13H17NO3/c1-16-11-4-3-9(12(15)17-2)7-10(11)8-13(14)5-6-13/h3-4,7H,5-6,8,14H2,1-2H3. The molecule has 4 heteroatoms. The van der Waals surface area contributed by atoms with Gasteiger partial charge in [-0.15, -0.1) is 0 Å². The Hall–Kier alpha value is -1.55. The molecule has 1 aromatic rings. The van der Waals surface area contributed by atoms with Crippen LogP contribution in [0.25, 0.3) is 0 Å². The largest absolute Gasteiger partial charge is 0.496 e. The van der Waals surface area contributed by atoms with Gasteiger partial charge >= 0.3 is 5.97 Å². The highest BCUT2D eigenvalue weighted by molar-refractivity contribution is 5.89. The third-order valence-corrected chi connectivity index (χ3v) is 3.14. The maximum atomic E-state index is 11.5. The van der Waals surface area contributed by atoms with E-state index < -0.39 is 0 Å². The van der Waals surface area contributed by atoms with Crippen LogP contribution in [0.1, 0.15) is 28.8 Å². The summed E-state index contributed by atoms with van der Waals surface area (Å²) in [6.07, 6.45) is 2.79. The van der Waals surface area contributed by atoms with Gasteiger partial charge in [-0.1, -0.05) is 0 Å². The molecule has 2 rings (SSSR count). The third kappa shape index (κ3) is 2.58. The van der Waals surface area contributed by atoms with Crippen LogP contribution in [0.3, 0.4) is 0 Å². The Bertz CT molecular complexity index is 438. The Morgan fingerprint density at radius 1 is 1.41 bits per heavy atom. The minimum Gasteiger partial charge on any atom is -0.496 e. The van der Waals surface area contributed by atoms with Crippen LogP contribution in [0.4, 0.5) is 0 Å². The van der Waals surface area contributed by atoms with Gasteiger partial charge in [0.1, 0.15) is 5.75 Å². The van der Waals surface area contributed by atoms with Crippen molar-refractivity contribution in [1.29, 1.82) is 0 Å². The molecule has 0 bridgehead atoms. The lowest BCUT2D eigenvalue weighted by Gasteiger charge is -2.13. The molecule has 0 atom stereocenters. The average molecular weight is 235 g/mol. The Labute approximate surface area is 101 Å². The van der Waals surface area contributed by atoms with Crippen molar-refractivity contribution < 1.29 is 14.3 Å². The second-order valence-electron chi connectivity index (χ2n) is 4.56. The van der Waals surface area contributed by atoms with Gasteiger partial charge in [0.25, 0.3) is 0 Å². The maximum Gasteiger partial charge on any atom is 0.337 e. The number of nitrogens with two attached hydrogens (primary N) is 1. The summed E-state index contributed by atoms with van der Waals surface area (Å²) in [5.74, 6) is 0.435. The summed E-state index contributed by atoms with van der Waals surface area (Å²) in [4.78, 5) is 11.5. The number of carbonyl (C=O) groups is 1. The smallest absolute Gasteiger partial charge is 0.337 e. The van der Waals surface area contributed by atoms with E-state index in [1.807, 2.05) is 0 Å². The fourth-order valence-corrected chi connectivity index (χ4v) is 1.88. The molecule has 92 valence electrons. The van der Waals surface area contributed by atoms with Gasteiger partial charge in [0.05, 0.1) is 19.8 Å². The zero-order valence-corrected chi connectivity index (χ0v) is 10.2. The van der Waals surface area contributed by atoms with Crippen molar-refractivity contribution in [2.45, 2.75) is 24.8 Å². The normalized spacial score (nSPS) is 16.4. The molecule has 1 aliphatic rings. The van der Waals surface area contributed by atoms with Crippen LogP contribution >= 0.6 is 0 Å². The van der Waals surface area contributed by atoms with Gasteiger partial charge < -0.3 is 15.2 Å². The van der Waals surface area contributed by atoms with Gasteiger partial charge in [-0.2, -0.15) is 0 Å². The van der Waals surface area contributed by atoms with Gasteiger partial charge in [-0.25, -0.2) is 4.79 Å². The van der Waals surface area contributed by atoms with Crippen LogP contribution in [-0.4, -0.2) is 25.7 Å².